The second-order valence-electron chi connectivity index (χ2n) is 7.92. The summed E-state index contributed by atoms with van der Waals surface area (Å²) in [5.41, 5.74) is 1.52. The van der Waals surface area contributed by atoms with Crippen LogP contribution in [0.15, 0.2) is 66.2 Å². The second kappa shape index (κ2) is 10.8. The van der Waals surface area contributed by atoms with E-state index in [1.165, 1.54) is 36.4 Å². The summed E-state index contributed by atoms with van der Waals surface area (Å²) in [6.07, 6.45) is 1.25. The van der Waals surface area contributed by atoms with Gasteiger partial charge >= 0.3 is 6.03 Å². The quantitative estimate of drug-likeness (QED) is 0.332. The number of hydrogen-bond donors (Lipinski definition) is 2. The van der Waals surface area contributed by atoms with Crippen LogP contribution in [0.25, 0.3) is 6.08 Å². The molecule has 0 aliphatic carbocycles. The normalized spacial score (nSPS) is 14.5. The summed E-state index contributed by atoms with van der Waals surface area (Å²) >= 11 is 12.3. The Morgan fingerprint density at radius 3 is 2.43 bits per heavy atom. The fourth-order valence-corrected chi connectivity index (χ4v) is 3.81. The number of nitrogens with one attached hydrogen (secondary N) is 2. The van der Waals surface area contributed by atoms with Crippen molar-refractivity contribution in [3.05, 3.63) is 93.2 Å². The zero-order valence-electron chi connectivity index (χ0n) is 19.2. The number of urea groups is 1. The Labute approximate surface area is 220 Å². The fraction of sp³-hybridized carbons (Fsp3) is 0.0769. The first-order valence-corrected chi connectivity index (χ1v) is 11.5. The van der Waals surface area contributed by atoms with Gasteiger partial charge < -0.3 is 10.1 Å². The summed E-state index contributed by atoms with van der Waals surface area (Å²) in [7, 11) is 0. The lowest BCUT2D eigenvalue weighted by Crippen LogP contribution is -2.54. The molecule has 4 rings (SSSR count). The Morgan fingerprint density at radius 1 is 1.03 bits per heavy atom. The van der Waals surface area contributed by atoms with Crippen LogP contribution in [-0.4, -0.2) is 30.4 Å². The smallest absolute Gasteiger partial charge is 0.335 e. The largest absolute Gasteiger partial charge is 0.482 e. The van der Waals surface area contributed by atoms with Gasteiger partial charge in [0.05, 0.1) is 10.7 Å². The molecule has 0 unspecified atom stereocenters. The molecule has 0 radical (unpaired) electrons. The predicted molar refractivity (Wildman–Crippen MR) is 137 cm³/mol. The van der Waals surface area contributed by atoms with E-state index >= 15 is 0 Å². The van der Waals surface area contributed by atoms with Crippen LogP contribution in [0, 0.1) is 12.7 Å². The van der Waals surface area contributed by atoms with E-state index in [0.717, 1.165) is 22.6 Å². The molecular formula is C26H18Cl2FN3O5. The van der Waals surface area contributed by atoms with Crippen LogP contribution < -0.4 is 20.3 Å². The summed E-state index contributed by atoms with van der Waals surface area (Å²) < 4.78 is 18.7. The Hall–Kier alpha value is -4.21. The summed E-state index contributed by atoms with van der Waals surface area (Å²) in [5.74, 6) is -2.56. The van der Waals surface area contributed by atoms with Crippen LogP contribution >= 0.6 is 23.2 Å². The molecule has 0 saturated carbocycles. The maximum atomic E-state index is 13.3. The maximum Gasteiger partial charge on any atom is 0.335 e. The molecule has 0 bridgehead atoms. The molecule has 37 heavy (non-hydrogen) atoms. The number of ether oxygens (including phenoxy) is 1. The van der Waals surface area contributed by atoms with Crippen molar-refractivity contribution in [2.24, 2.45) is 0 Å². The second-order valence-corrected chi connectivity index (χ2v) is 8.74. The first kappa shape index (κ1) is 25.9. The maximum absolute atomic E-state index is 13.3. The molecule has 8 nitrogen and oxygen atoms in total. The minimum Gasteiger partial charge on any atom is -0.482 e. The third-order valence-corrected chi connectivity index (χ3v) is 5.97. The van der Waals surface area contributed by atoms with E-state index in [1.807, 2.05) is 6.92 Å². The lowest BCUT2D eigenvalue weighted by Gasteiger charge is -2.26. The molecule has 3 aromatic carbocycles. The van der Waals surface area contributed by atoms with Gasteiger partial charge in [0, 0.05) is 10.7 Å². The molecule has 0 spiro atoms. The number of carbonyl (C=O) groups is 4. The van der Waals surface area contributed by atoms with Crippen molar-refractivity contribution in [2.45, 2.75) is 6.92 Å². The van der Waals surface area contributed by atoms with E-state index in [2.05, 4.69) is 10.6 Å². The van der Waals surface area contributed by atoms with Crippen LogP contribution in [0.1, 0.15) is 11.1 Å². The molecule has 0 aromatic heterocycles. The van der Waals surface area contributed by atoms with Gasteiger partial charge in [-0.15, -0.1) is 0 Å². The highest BCUT2D eigenvalue weighted by molar-refractivity contribution is 6.39. The molecule has 1 aliphatic rings. The van der Waals surface area contributed by atoms with Crippen molar-refractivity contribution >= 4 is 64.4 Å². The number of benzene rings is 3. The SMILES string of the molecule is Cc1ccc(NC(=O)COc2ccc(/C=C3\C(=O)NC(=O)N(c4ccc(F)cc4)C3=O)cc2Cl)cc1Cl. The Kier molecular flexibility index (Phi) is 7.56. The van der Waals surface area contributed by atoms with Crippen molar-refractivity contribution in [3.63, 3.8) is 0 Å². The predicted octanol–water partition coefficient (Wildman–Crippen LogP) is 5.12. The summed E-state index contributed by atoms with van der Waals surface area (Å²) in [6.45, 7) is 1.51. The van der Waals surface area contributed by atoms with Crippen molar-refractivity contribution in [1.29, 1.82) is 0 Å². The highest BCUT2D eigenvalue weighted by Crippen LogP contribution is 2.28. The van der Waals surface area contributed by atoms with E-state index in [4.69, 9.17) is 27.9 Å². The van der Waals surface area contributed by atoms with Gasteiger partial charge in [-0.25, -0.2) is 14.1 Å². The lowest BCUT2D eigenvalue weighted by molar-refractivity contribution is -0.122. The van der Waals surface area contributed by atoms with Crippen LogP contribution in [0.3, 0.4) is 0 Å². The molecule has 1 saturated heterocycles. The molecule has 5 amide bonds. The molecule has 1 heterocycles. The molecule has 1 aliphatic heterocycles. The summed E-state index contributed by atoms with van der Waals surface area (Å²) in [6, 6.07) is 13.2. The van der Waals surface area contributed by atoms with Gasteiger partial charge in [-0.3, -0.25) is 19.7 Å². The van der Waals surface area contributed by atoms with Gasteiger partial charge in [0.15, 0.2) is 6.61 Å². The third-order valence-electron chi connectivity index (χ3n) is 5.27. The summed E-state index contributed by atoms with van der Waals surface area (Å²) in [5, 5.41) is 5.38. The van der Waals surface area contributed by atoms with Crippen LogP contribution in [-0.2, 0) is 14.4 Å². The molecule has 188 valence electrons. The standard InChI is InChI=1S/C26H18Cl2FN3O5/c1-14-2-6-17(12-20(14)27)30-23(33)13-37-22-9-3-15(11-21(22)28)10-19-24(34)31-26(36)32(25(19)35)18-7-4-16(29)5-8-18/h2-12H,13H2,1H3,(H,30,33)(H,31,34,36)/b19-10+. The number of hydrogen-bond acceptors (Lipinski definition) is 5. The fourth-order valence-electron chi connectivity index (χ4n) is 3.38. The monoisotopic (exact) mass is 541 g/mol. The van der Waals surface area contributed by atoms with Gasteiger partial charge in [-0.05, 0) is 72.7 Å². The van der Waals surface area contributed by atoms with Crippen molar-refractivity contribution in [3.8, 4) is 5.75 Å². The molecular weight excluding hydrogens is 524 g/mol. The average Bonchev–Trinajstić information content (AvgIpc) is 2.84. The molecule has 2 N–H and O–H groups in total. The Morgan fingerprint density at radius 2 is 1.76 bits per heavy atom. The van der Waals surface area contributed by atoms with E-state index in [1.54, 1.807) is 18.2 Å². The number of barbiturate groups is 1. The third kappa shape index (κ3) is 5.96. The number of imide groups is 2. The van der Waals surface area contributed by atoms with Crippen molar-refractivity contribution < 1.29 is 28.3 Å². The van der Waals surface area contributed by atoms with Crippen LogP contribution in [0.2, 0.25) is 10.0 Å². The van der Waals surface area contributed by atoms with Gasteiger partial charge in [0.2, 0.25) is 0 Å². The molecule has 0 atom stereocenters. The van der Waals surface area contributed by atoms with E-state index in [0.29, 0.717) is 16.3 Å². The van der Waals surface area contributed by atoms with Crippen LogP contribution in [0.5, 0.6) is 5.75 Å². The first-order chi connectivity index (χ1) is 17.6. The number of nitrogens with zero attached hydrogens (tertiary/aromatic N) is 1. The number of carbonyl (C=O) groups excluding carboxylic acids is 4. The number of amides is 5. The summed E-state index contributed by atoms with van der Waals surface area (Å²) in [4.78, 5) is 50.5. The van der Waals surface area contributed by atoms with E-state index in [-0.39, 0.29) is 28.6 Å². The first-order valence-electron chi connectivity index (χ1n) is 10.8. The zero-order valence-corrected chi connectivity index (χ0v) is 20.7. The number of anilines is 2. The van der Waals surface area contributed by atoms with E-state index in [9.17, 15) is 23.6 Å². The van der Waals surface area contributed by atoms with Gasteiger partial charge in [-0.2, -0.15) is 0 Å². The lowest BCUT2D eigenvalue weighted by atomic mass is 10.1. The van der Waals surface area contributed by atoms with Crippen molar-refractivity contribution in [2.75, 3.05) is 16.8 Å². The molecule has 11 heteroatoms. The minimum atomic E-state index is -0.952. The Balaban J connectivity index is 1.46. The van der Waals surface area contributed by atoms with Crippen molar-refractivity contribution in [1.82, 2.24) is 5.32 Å². The number of rotatable bonds is 6. The molecule has 3 aromatic rings. The molecule has 1 fully saturated rings. The number of halogens is 3. The number of aryl methyl sites for hydroxylation is 1. The van der Waals surface area contributed by atoms with E-state index < -0.39 is 29.6 Å². The zero-order chi connectivity index (χ0) is 26.7. The highest BCUT2D eigenvalue weighted by Gasteiger charge is 2.36. The van der Waals surface area contributed by atoms with Crippen LogP contribution in [0.4, 0.5) is 20.6 Å². The topological polar surface area (TPSA) is 105 Å². The van der Waals surface area contributed by atoms with Gasteiger partial charge in [0.25, 0.3) is 17.7 Å². The highest BCUT2D eigenvalue weighted by atomic mass is 35.5. The minimum absolute atomic E-state index is 0.0928. The van der Waals surface area contributed by atoms with Gasteiger partial charge in [0.1, 0.15) is 17.1 Å². The average molecular weight is 542 g/mol. The Bertz CT molecular complexity index is 1460. The van der Waals surface area contributed by atoms with Gasteiger partial charge in [-0.1, -0.05) is 35.3 Å².